The highest BCUT2D eigenvalue weighted by atomic mass is 16.3. The van der Waals surface area contributed by atoms with E-state index in [0.717, 1.165) is 12.0 Å². The molecule has 2 N–H and O–H groups in total. The molecule has 19 heavy (non-hydrogen) atoms. The molecule has 0 aliphatic rings. The molecule has 2 rings (SSSR count). The number of nitriles is 1. The lowest BCUT2D eigenvalue weighted by Gasteiger charge is -2.05. The molecule has 0 radical (unpaired) electrons. The zero-order valence-corrected chi connectivity index (χ0v) is 10.4. The van der Waals surface area contributed by atoms with Crippen LogP contribution in [-0.4, -0.2) is 21.6 Å². The van der Waals surface area contributed by atoms with Crippen LogP contribution in [0.2, 0.25) is 0 Å². The summed E-state index contributed by atoms with van der Waals surface area (Å²) in [6.07, 6.45) is 2.74. The number of nitrogens with one attached hydrogen (secondary N) is 1. The van der Waals surface area contributed by atoms with Crippen LogP contribution in [0.25, 0.3) is 0 Å². The number of phenols is 1. The maximum atomic E-state index is 9.18. The Bertz CT molecular complexity index is 575. The maximum absolute atomic E-state index is 9.18. The number of benzene rings is 1. The molecular weight excluding hydrogens is 240 g/mol. The van der Waals surface area contributed by atoms with Crippen LogP contribution >= 0.6 is 0 Å². The monoisotopic (exact) mass is 254 g/mol. The molecule has 0 unspecified atom stereocenters. The lowest BCUT2D eigenvalue weighted by Crippen LogP contribution is -2.08. The Kier molecular flexibility index (Phi) is 4.29. The molecule has 0 bridgehead atoms. The Balaban J connectivity index is 1.87. The third-order valence-electron chi connectivity index (χ3n) is 2.61. The van der Waals surface area contributed by atoms with Crippen molar-refractivity contribution in [1.82, 2.24) is 9.97 Å². The van der Waals surface area contributed by atoms with Crippen molar-refractivity contribution in [2.24, 2.45) is 0 Å². The molecule has 1 aromatic heterocycles. The summed E-state index contributed by atoms with van der Waals surface area (Å²) in [5.74, 6) is 0.802. The first-order valence-electron chi connectivity index (χ1n) is 5.98. The average Bonchev–Trinajstić information content (AvgIpc) is 2.42. The van der Waals surface area contributed by atoms with Gasteiger partial charge in [0, 0.05) is 12.7 Å². The van der Waals surface area contributed by atoms with Crippen molar-refractivity contribution in [1.29, 1.82) is 5.26 Å². The Morgan fingerprint density at radius 1 is 1.21 bits per heavy atom. The van der Waals surface area contributed by atoms with E-state index in [2.05, 4.69) is 21.4 Å². The van der Waals surface area contributed by atoms with Crippen molar-refractivity contribution in [3.63, 3.8) is 0 Å². The molecule has 1 aromatic carbocycles. The normalized spacial score (nSPS) is 9.84. The van der Waals surface area contributed by atoms with Crippen LogP contribution in [0.1, 0.15) is 11.3 Å². The van der Waals surface area contributed by atoms with E-state index in [0.29, 0.717) is 18.2 Å². The first-order chi connectivity index (χ1) is 9.28. The van der Waals surface area contributed by atoms with Gasteiger partial charge in [-0.3, -0.25) is 0 Å². The predicted octanol–water partition coefficient (Wildman–Crippen LogP) is 1.90. The van der Waals surface area contributed by atoms with Gasteiger partial charge in [-0.1, -0.05) is 12.1 Å². The van der Waals surface area contributed by atoms with E-state index in [1.165, 1.54) is 0 Å². The number of rotatable bonds is 5. The molecule has 0 atom stereocenters. The molecule has 0 spiro atoms. The van der Waals surface area contributed by atoms with Gasteiger partial charge in [0.15, 0.2) is 0 Å². The fourth-order valence-electron chi connectivity index (χ4n) is 1.64. The molecule has 0 aliphatic carbocycles. The molecule has 5 heteroatoms. The molecule has 2 aromatic rings. The second-order valence-corrected chi connectivity index (χ2v) is 4.05. The van der Waals surface area contributed by atoms with E-state index in [9.17, 15) is 5.11 Å². The van der Waals surface area contributed by atoms with Gasteiger partial charge in [0.05, 0.1) is 18.2 Å². The van der Waals surface area contributed by atoms with Crippen LogP contribution in [0.4, 0.5) is 5.95 Å². The summed E-state index contributed by atoms with van der Waals surface area (Å²) in [7, 11) is 0. The molecule has 0 saturated carbocycles. The van der Waals surface area contributed by atoms with Crippen molar-refractivity contribution >= 4 is 5.95 Å². The summed E-state index contributed by atoms with van der Waals surface area (Å²) in [5.41, 5.74) is 1.84. The van der Waals surface area contributed by atoms with E-state index < -0.39 is 0 Å². The highest BCUT2D eigenvalue weighted by Gasteiger charge is 1.99. The summed E-state index contributed by atoms with van der Waals surface area (Å²) >= 11 is 0. The number of anilines is 1. The topological polar surface area (TPSA) is 81.8 Å². The van der Waals surface area contributed by atoms with Crippen molar-refractivity contribution in [3.05, 3.63) is 47.8 Å². The Morgan fingerprint density at radius 2 is 2.00 bits per heavy atom. The number of nitrogens with zero attached hydrogens (tertiary/aromatic N) is 3. The lowest BCUT2D eigenvalue weighted by atomic mass is 10.1. The first-order valence-corrected chi connectivity index (χ1v) is 5.98. The van der Waals surface area contributed by atoms with Gasteiger partial charge in [0.25, 0.3) is 0 Å². The van der Waals surface area contributed by atoms with Crippen LogP contribution < -0.4 is 5.32 Å². The predicted molar refractivity (Wildman–Crippen MR) is 71.6 cm³/mol. The quantitative estimate of drug-likeness (QED) is 0.851. The minimum atomic E-state index is 0.268. The van der Waals surface area contributed by atoms with E-state index in [1.54, 1.807) is 24.4 Å². The number of aromatic nitrogens is 2. The van der Waals surface area contributed by atoms with Crippen molar-refractivity contribution in [2.75, 3.05) is 11.9 Å². The molecule has 5 nitrogen and oxygen atoms in total. The molecule has 96 valence electrons. The van der Waals surface area contributed by atoms with Gasteiger partial charge in [-0.2, -0.15) is 5.26 Å². The van der Waals surface area contributed by atoms with Gasteiger partial charge in [-0.05, 0) is 30.2 Å². The minimum absolute atomic E-state index is 0.268. The zero-order valence-electron chi connectivity index (χ0n) is 10.4. The fourth-order valence-corrected chi connectivity index (χ4v) is 1.64. The molecule has 1 heterocycles. The molecular formula is C14H14N4O. The second-order valence-electron chi connectivity index (χ2n) is 4.05. The largest absolute Gasteiger partial charge is 0.508 e. The number of hydrogen-bond acceptors (Lipinski definition) is 5. The average molecular weight is 254 g/mol. The molecule has 0 aliphatic heterocycles. The SMILES string of the molecule is N#CCc1ccnc(NCCc2ccc(O)cc2)n1. The summed E-state index contributed by atoms with van der Waals surface area (Å²) < 4.78 is 0. The molecule has 0 saturated heterocycles. The van der Waals surface area contributed by atoms with Gasteiger partial charge < -0.3 is 10.4 Å². The Labute approximate surface area is 111 Å². The Hall–Kier alpha value is -2.61. The third-order valence-corrected chi connectivity index (χ3v) is 2.61. The second kappa shape index (κ2) is 6.36. The first kappa shape index (κ1) is 12.8. The van der Waals surface area contributed by atoms with Gasteiger partial charge in [0.1, 0.15) is 5.75 Å². The van der Waals surface area contributed by atoms with E-state index in [1.807, 2.05) is 12.1 Å². The summed E-state index contributed by atoms with van der Waals surface area (Å²) in [6.45, 7) is 0.695. The van der Waals surface area contributed by atoms with Crippen LogP contribution in [0.15, 0.2) is 36.5 Å². The maximum Gasteiger partial charge on any atom is 0.222 e. The van der Waals surface area contributed by atoms with Crippen molar-refractivity contribution in [3.8, 4) is 11.8 Å². The summed E-state index contributed by atoms with van der Waals surface area (Å²) in [6, 6.07) is 10.9. The van der Waals surface area contributed by atoms with Gasteiger partial charge >= 0.3 is 0 Å². The van der Waals surface area contributed by atoms with Crippen LogP contribution in [0.5, 0.6) is 5.75 Å². The van der Waals surface area contributed by atoms with E-state index >= 15 is 0 Å². The zero-order chi connectivity index (χ0) is 13.5. The Morgan fingerprint density at radius 3 is 2.74 bits per heavy atom. The van der Waals surface area contributed by atoms with Crippen molar-refractivity contribution in [2.45, 2.75) is 12.8 Å². The van der Waals surface area contributed by atoms with Crippen molar-refractivity contribution < 1.29 is 5.11 Å². The van der Waals surface area contributed by atoms with E-state index in [-0.39, 0.29) is 12.2 Å². The molecule has 0 amide bonds. The number of aromatic hydroxyl groups is 1. The third kappa shape index (κ3) is 3.96. The fraction of sp³-hybridized carbons (Fsp3) is 0.214. The lowest BCUT2D eigenvalue weighted by molar-refractivity contribution is 0.475. The van der Waals surface area contributed by atoms with Gasteiger partial charge in [-0.25, -0.2) is 9.97 Å². The van der Waals surface area contributed by atoms with E-state index in [4.69, 9.17) is 5.26 Å². The highest BCUT2D eigenvalue weighted by Crippen LogP contribution is 2.10. The minimum Gasteiger partial charge on any atom is -0.508 e. The smallest absolute Gasteiger partial charge is 0.222 e. The number of phenolic OH excluding ortho intramolecular Hbond substituents is 1. The highest BCUT2D eigenvalue weighted by molar-refractivity contribution is 5.29. The van der Waals surface area contributed by atoms with Gasteiger partial charge in [0.2, 0.25) is 5.95 Å². The summed E-state index contributed by atoms with van der Waals surface area (Å²) in [4.78, 5) is 8.32. The van der Waals surface area contributed by atoms with Crippen LogP contribution in [0, 0.1) is 11.3 Å². The standard InChI is InChI=1S/C14H14N4O/c15-8-5-12-7-10-17-14(18-12)16-9-6-11-1-3-13(19)4-2-11/h1-4,7,10,19H,5-6,9H2,(H,16,17,18). The van der Waals surface area contributed by atoms with Gasteiger partial charge in [-0.15, -0.1) is 0 Å². The number of hydrogen-bond donors (Lipinski definition) is 2. The van der Waals surface area contributed by atoms with Crippen LogP contribution in [-0.2, 0) is 12.8 Å². The summed E-state index contributed by atoms with van der Waals surface area (Å²) in [5, 5.41) is 20.9. The molecule has 0 fully saturated rings. The van der Waals surface area contributed by atoms with Crippen LogP contribution in [0.3, 0.4) is 0 Å².